The first-order valence-electron chi connectivity index (χ1n) is 4.97. The Balaban J connectivity index is 2.73. The Kier molecular flexibility index (Phi) is 4.68. The van der Waals surface area contributed by atoms with E-state index in [0.717, 1.165) is 12.8 Å². The summed E-state index contributed by atoms with van der Waals surface area (Å²) in [6, 6.07) is 7.00. The van der Waals surface area contributed by atoms with Crippen molar-refractivity contribution in [3.8, 4) is 5.75 Å². The third-order valence-electron chi connectivity index (χ3n) is 1.99. The van der Waals surface area contributed by atoms with Gasteiger partial charge in [0, 0.05) is 0 Å². The molecule has 3 heteroatoms. The third kappa shape index (κ3) is 3.27. The molecular formula is C12H15O3. The number of unbranched alkanes of at least 4 members (excludes halogenated alkanes) is 1. The molecule has 1 rings (SSSR count). The maximum Gasteiger partial charge on any atom is 0.342 e. The fraction of sp³-hybridized carbons (Fsp3) is 0.333. The van der Waals surface area contributed by atoms with Crippen LogP contribution in [-0.4, -0.2) is 12.6 Å². The molecule has 0 fully saturated rings. The van der Waals surface area contributed by atoms with Gasteiger partial charge >= 0.3 is 5.97 Å². The van der Waals surface area contributed by atoms with Gasteiger partial charge in [0.2, 0.25) is 0 Å². The molecule has 1 aromatic rings. The summed E-state index contributed by atoms with van der Waals surface area (Å²) in [4.78, 5) is 11.3. The van der Waals surface area contributed by atoms with Crippen LogP contribution in [-0.2, 0) is 4.74 Å². The molecule has 0 aliphatic heterocycles. The van der Waals surface area contributed by atoms with Gasteiger partial charge in [-0.2, -0.15) is 0 Å². The number of benzene rings is 1. The molecule has 0 aliphatic rings. The van der Waals surface area contributed by atoms with Gasteiger partial charge < -0.3 is 9.47 Å². The second-order valence-corrected chi connectivity index (χ2v) is 3.13. The SMILES string of the molecule is [CH2]OC(=O)c1ccccc1OCCCC. The van der Waals surface area contributed by atoms with E-state index < -0.39 is 5.97 Å². The van der Waals surface area contributed by atoms with Crippen LogP contribution >= 0.6 is 0 Å². The van der Waals surface area contributed by atoms with Gasteiger partial charge in [0.15, 0.2) is 0 Å². The van der Waals surface area contributed by atoms with E-state index in [1.165, 1.54) is 0 Å². The van der Waals surface area contributed by atoms with E-state index in [4.69, 9.17) is 4.74 Å². The molecule has 1 radical (unpaired) electrons. The largest absolute Gasteiger partial charge is 0.493 e. The highest BCUT2D eigenvalue weighted by Gasteiger charge is 2.11. The predicted molar refractivity (Wildman–Crippen MR) is 57.6 cm³/mol. The topological polar surface area (TPSA) is 35.5 Å². The normalized spacial score (nSPS) is 9.73. The average molecular weight is 207 g/mol. The molecule has 0 aromatic heterocycles. The first-order valence-corrected chi connectivity index (χ1v) is 4.97. The van der Waals surface area contributed by atoms with E-state index >= 15 is 0 Å². The molecule has 0 N–H and O–H groups in total. The number of hydrogen-bond donors (Lipinski definition) is 0. The van der Waals surface area contributed by atoms with Gasteiger partial charge in [-0.1, -0.05) is 25.5 Å². The summed E-state index contributed by atoms with van der Waals surface area (Å²) >= 11 is 0. The van der Waals surface area contributed by atoms with E-state index in [-0.39, 0.29) is 0 Å². The van der Waals surface area contributed by atoms with Crippen molar-refractivity contribution < 1.29 is 14.3 Å². The van der Waals surface area contributed by atoms with Crippen molar-refractivity contribution in [2.24, 2.45) is 0 Å². The van der Waals surface area contributed by atoms with Crippen molar-refractivity contribution in [3.63, 3.8) is 0 Å². The number of rotatable bonds is 5. The quantitative estimate of drug-likeness (QED) is 0.550. The summed E-state index contributed by atoms with van der Waals surface area (Å²) in [5.41, 5.74) is 0.420. The summed E-state index contributed by atoms with van der Waals surface area (Å²) in [5, 5.41) is 0. The van der Waals surface area contributed by atoms with Crippen LogP contribution in [0.25, 0.3) is 0 Å². The van der Waals surface area contributed by atoms with Gasteiger partial charge in [-0.15, -0.1) is 0 Å². The maximum atomic E-state index is 11.3. The van der Waals surface area contributed by atoms with Crippen LogP contribution in [0.3, 0.4) is 0 Å². The van der Waals surface area contributed by atoms with Gasteiger partial charge in [0.25, 0.3) is 0 Å². The lowest BCUT2D eigenvalue weighted by molar-refractivity contribution is 0.0649. The average Bonchev–Trinajstić information content (AvgIpc) is 2.29. The minimum Gasteiger partial charge on any atom is -0.493 e. The standard InChI is InChI=1S/C12H15O3/c1-3-4-9-15-11-8-6-5-7-10(11)12(13)14-2/h5-8H,2-4,9H2,1H3. The molecule has 15 heavy (non-hydrogen) atoms. The number of ether oxygens (including phenoxy) is 2. The highest BCUT2D eigenvalue weighted by Crippen LogP contribution is 2.19. The van der Waals surface area contributed by atoms with Gasteiger partial charge in [-0.05, 0) is 18.6 Å². The Morgan fingerprint density at radius 3 is 2.80 bits per heavy atom. The molecule has 3 nitrogen and oxygen atoms in total. The zero-order valence-corrected chi connectivity index (χ0v) is 8.86. The van der Waals surface area contributed by atoms with Crippen molar-refractivity contribution in [1.82, 2.24) is 0 Å². The van der Waals surface area contributed by atoms with Crippen molar-refractivity contribution >= 4 is 5.97 Å². The Morgan fingerprint density at radius 1 is 1.40 bits per heavy atom. The minimum absolute atomic E-state index is 0.420. The molecule has 0 heterocycles. The Morgan fingerprint density at radius 2 is 2.13 bits per heavy atom. The molecule has 0 bridgehead atoms. The second kappa shape index (κ2) is 6.06. The zero-order valence-electron chi connectivity index (χ0n) is 8.86. The number of carbonyl (C=O) groups excluding carboxylic acids is 1. The smallest absolute Gasteiger partial charge is 0.342 e. The van der Waals surface area contributed by atoms with Crippen LogP contribution in [0.1, 0.15) is 30.1 Å². The van der Waals surface area contributed by atoms with E-state index in [9.17, 15) is 4.79 Å². The lowest BCUT2D eigenvalue weighted by Crippen LogP contribution is -2.05. The molecule has 1 aromatic carbocycles. The third-order valence-corrected chi connectivity index (χ3v) is 1.99. The van der Waals surface area contributed by atoms with E-state index in [1.54, 1.807) is 18.2 Å². The molecule has 0 amide bonds. The lowest BCUT2D eigenvalue weighted by Gasteiger charge is -2.08. The first kappa shape index (κ1) is 11.6. The van der Waals surface area contributed by atoms with Gasteiger partial charge in [0.1, 0.15) is 18.4 Å². The molecule has 81 valence electrons. The molecule has 0 unspecified atom stereocenters. The predicted octanol–water partition coefficient (Wildman–Crippen LogP) is 2.81. The van der Waals surface area contributed by atoms with Crippen LogP contribution in [0, 0.1) is 7.11 Å². The summed E-state index contributed by atoms with van der Waals surface area (Å²) < 4.78 is 9.89. The number of carbonyl (C=O) groups is 1. The number of hydrogen-bond acceptors (Lipinski definition) is 3. The van der Waals surface area contributed by atoms with Crippen LogP contribution in [0.4, 0.5) is 0 Å². The highest BCUT2D eigenvalue weighted by molar-refractivity contribution is 5.92. The maximum absolute atomic E-state index is 11.3. The first-order chi connectivity index (χ1) is 7.29. The fourth-order valence-corrected chi connectivity index (χ4v) is 1.17. The van der Waals surface area contributed by atoms with Crippen LogP contribution in [0.5, 0.6) is 5.75 Å². The van der Waals surface area contributed by atoms with Crippen molar-refractivity contribution in [2.75, 3.05) is 6.61 Å². The van der Waals surface area contributed by atoms with E-state index in [0.29, 0.717) is 17.9 Å². The summed E-state index contributed by atoms with van der Waals surface area (Å²) in [6.07, 6.45) is 2.02. The van der Waals surface area contributed by atoms with Crippen molar-refractivity contribution in [2.45, 2.75) is 19.8 Å². The van der Waals surface area contributed by atoms with Crippen molar-refractivity contribution in [1.29, 1.82) is 0 Å². The zero-order chi connectivity index (χ0) is 11.1. The van der Waals surface area contributed by atoms with E-state index in [2.05, 4.69) is 18.8 Å². The lowest BCUT2D eigenvalue weighted by atomic mass is 10.2. The molecule has 0 saturated heterocycles. The van der Waals surface area contributed by atoms with Crippen LogP contribution < -0.4 is 4.74 Å². The number of esters is 1. The Labute approximate surface area is 90.0 Å². The van der Waals surface area contributed by atoms with Gasteiger partial charge in [0.05, 0.1) is 6.61 Å². The number of para-hydroxylation sites is 1. The summed E-state index contributed by atoms with van der Waals surface area (Å²) in [7, 11) is 3.09. The summed E-state index contributed by atoms with van der Waals surface area (Å²) in [5.74, 6) is 0.0849. The monoisotopic (exact) mass is 207 g/mol. The Bertz CT molecular complexity index is 320. The van der Waals surface area contributed by atoms with Gasteiger partial charge in [-0.3, -0.25) is 0 Å². The van der Waals surface area contributed by atoms with Gasteiger partial charge in [-0.25, -0.2) is 4.79 Å². The highest BCUT2D eigenvalue weighted by atomic mass is 16.5. The molecular weight excluding hydrogens is 192 g/mol. The molecule has 0 spiro atoms. The second-order valence-electron chi connectivity index (χ2n) is 3.13. The van der Waals surface area contributed by atoms with Crippen LogP contribution in [0.15, 0.2) is 24.3 Å². The van der Waals surface area contributed by atoms with Crippen molar-refractivity contribution in [3.05, 3.63) is 36.9 Å². The van der Waals surface area contributed by atoms with E-state index in [1.807, 2.05) is 6.07 Å². The molecule has 0 atom stereocenters. The Hall–Kier alpha value is -1.51. The molecule has 0 saturated carbocycles. The van der Waals surface area contributed by atoms with Crippen LogP contribution in [0.2, 0.25) is 0 Å². The fourth-order valence-electron chi connectivity index (χ4n) is 1.17. The minimum atomic E-state index is -0.470. The summed E-state index contributed by atoms with van der Waals surface area (Å²) in [6.45, 7) is 2.69. The molecule has 0 aliphatic carbocycles.